The number of aromatic amines is 1. The number of benzene rings is 1. The van der Waals surface area contributed by atoms with Crippen molar-refractivity contribution >= 4 is 44.3 Å². The van der Waals surface area contributed by atoms with Crippen molar-refractivity contribution in [3.63, 3.8) is 0 Å². The van der Waals surface area contributed by atoms with Gasteiger partial charge in [0, 0.05) is 35.7 Å². The first-order valence-corrected chi connectivity index (χ1v) is 13.2. The molecule has 2 aromatic heterocycles. The van der Waals surface area contributed by atoms with Crippen molar-refractivity contribution in [2.75, 3.05) is 23.9 Å². The molecule has 11 heteroatoms. The number of ether oxygens (including phenoxy) is 1. The molecule has 178 valence electrons. The Labute approximate surface area is 196 Å². The first kappa shape index (κ1) is 22.3. The van der Waals surface area contributed by atoms with E-state index < -0.39 is 9.84 Å². The van der Waals surface area contributed by atoms with Crippen LogP contribution in [0.4, 0.5) is 11.5 Å². The number of H-pyrrole nitrogens is 1. The molecule has 3 aromatic rings. The van der Waals surface area contributed by atoms with Gasteiger partial charge in [-0.05, 0) is 43.4 Å². The maximum absolute atomic E-state index is 12.7. The van der Waals surface area contributed by atoms with Gasteiger partial charge in [0.2, 0.25) is 5.91 Å². The molecular weight excluding hydrogens is 458 g/mol. The van der Waals surface area contributed by atoms with Gasteiger partial charge in [-0.2, -0.15) is 0 Å². The topological polar surface area (TPSA) is 143 Å². The maximum atomic E-state index is 12.7. The lowest BCUT2D eigenvalue weighted by atomic mass is 9.86. The molecule has 1 amide bonds. The number of amides is 1. The van der Waals surface area contributed by atoms with Crippen LogP contribution < -0.4 is 10.6 Å². The molecule has 0 saturated heterocycles. The van der Waals surface area contributed by atoms with Crippen LogP contribution >= 0.6 is 0 Å². The number of carbonyl (C=O) groups is 2. The summed E-state index contributed by atoms with van der Waals surface area (Å²) in [5, 5.41) is 7.00. The van der Waals surface area contributed by atoms with Crippen molar-refractivity contribution in [2.45, 2.75) is 32.3 Å². The van der Waals surface area contributed by atoms with Crippen LogP contribution in [0.25, 0.3) is 11.0 Å². The fraction of sp³-hybridized carbons (Fsp3) is 0.391. The number of nitrogens with zero attached hydrogens (tertiary/aromatic N) is 2. The molecule has 1 aliphatic heterocycles. The van der Waals surface area contributed by atoms with Crippen LogP contribution in [0.3, 0.4) is 0 Å². The van der Waals surface area contributed by atoms with Gasteiger partial charge in [0.05, 0.1) is 16.7 Å². The number of sulfone groups is 1. The van der Waals surface area contributed by atoms with Crippen molar-refractivity contribution in [1.82, 2.24) is 20.3 Å². The fourth-order valence-corrected chi connectivity index (χ4v) is 5.25. The SMILES string of the molecule is CS(=O)(=O)CCCNC(=O)C1CCc2[nH]c3ncnc(Nc4ccc5c(c4)C(=O)OC5)c3c2C1. The minimum Gasteiger partial charge on any atom is -0.457 e. The molecule has 2 aliphatic rings. The van der Waals surface area contributed by atoms with Crippen molar-refractivity contribution < 1.29 is 22.7 Å². The molecule has 0 radical (unpaired) electrons. The Balaban J connectivity index is 1.35. The van der Waals surface area contributed by atoms with Gasteiger partial charge in [0.1, 0.15) is 34.2 Å². The number of nitrogens with one attached hydrogen (secondary N) is 3. The molecule has 10 nitrogen and oxygen atoms in total. The third kappa shape index (κ3) is 4.47. The Kier molecular flexibility index (Phi) is 5.72. The molecule has 3 heterocycles. The van der Waals surface area contributed by atoms with Crippen LogP contribution in [-0.2, 0) is 38.8 Å². The highest BCUT2D eigenvalue weighted by Crippen LogP contribution is 2.35. The fourth-order valence-electron chi connectivity index (χ4n) is 4.58. The summed E-state index contributed by atoms with van der Waals surface area (Å²) in [6.45, 7) is 0.620. The van der Waals surface area contributed by atoms with Gasteiger partial charge in [0.15, 0.2) is 0 Å². The molecular formula is C23H25N5O5S. The lowest BCUT2D eigenvalue weighted by Gasteiger charge is -2.22. The molecule has 0 bridgehead atoms. The monoisotopic (exact) mass is 483 g/mol. The summed E-state index contributed by atoms with van der Waals surface area (Å²) < 4.78 is 27.7. The average Bonchev–Trinajstić information content (AvgIpc) is 3.36. The number of cyclic esters (lactones) is 1. The average molecular weight is 484 g/mol. The highest BCUT2D eigenvalue weighted by Gasteiger charge is 2.29. The van der Waals surface area contributed by atoms with Crippen LogP contribution in [0.15, 0.2) is 24.5 Å². The van der Waals surface area contributed by atoms with Crippen molar-refractivity contribution in [1.29, 1.82) is 0 Å². The summed E-state index contributed by atoms with van der Waals surface area (Å²) >= 11 is 0. The van der Waals surface area contributed by atoms with E-state index in [1.807, 2.05) is 12.1 Å². The summed E-state index contributed by atoms with van der Waals surface area (Å²) in [7, 11) is -3.04. The van der Waals surface area contributed by atoms with Crippen molar-refractivity contribution in [3.8, 4) is 0 Å². The molecule has 0 saturated carbocycles. The van der Waals surface area contributed by atoms with Crippen molar-refractivity contribution in [3.05, 3.63) is 46.9 Å². The quantitative estimate of drug-likeness (QED) is 0.342. The van der Waals surface area contributed by atoms with Crippen LogP contribution in [0.5, 0.6) is 0 Å². The molecule has 3 N–H and O–H groups in total. The molecule has 0 spiro atoms. The van der Waals surface area contributed by atoms with E-state index in [0.717, 1.165) is 22.2 Å². The zero-order valence-electron chi connectivity index (χ0n) is 18.7. The van der Waals surface area contributed by atoms with Gasteiger partial charge in [-0.1, -0.05) is 6.07 Å². The Bertz CT molecular complexity index is 1400. The maximum Gasteiger partial charge on any atom is 0.338 e. The summed E-state index contributed by atoms with van der Waals surface area (Å²) in [5.41, 5.74) is 4.84. The number of aromatic nitrogens is 3. The van der Waals surface area contributed by atoms with E-state index in [1.165, 1.54) is 12.6 Å². The zero-order chi connectivity index (χ0) is 23.9. The number of hydrogen-bond acceptors (Lipinski definition) is 8. The smallest absolute Gasteiger partial charge is 0.338 e. The van der Waals surface area contributed by atoms with E-state index in [2.05, 4.69) is 25.6 Å². The van der Waals surface area contributed by atoms with Crippen LogP contribution in [0.1, 0.15) is 40.0 Å². The number of esters is 1. The number of aryl methyl sites for hydroxylation is 1. The van der Waals surface area contributed by atoms with Gasteiger partial charge < -0.3 is 20.4 Å². The number of rotatable bonds is 7. The second-order valence-electron chi connectivity index (χ2n) is 8.82. The molecule has 34 heavy (non-hydrogen) atoms. The third-order valence-electron chi connectivity index (χ3n) is 6.29. The number of hydrogen-bond donors (Lipinski definition) is 3. The summed E-state index contributed by atoms with van der Waals surface area (Å²) in [6, 6.07) is 5.49. The predicted octanol–water partition coefficient (Wildman–Crippen LogP) is 2.03. The highest BCUT2D eigenvalue weighted by atomic mass is 32.2. The van der Waals surface area contributed by atoms with E-state index >= 15 is 0 Å². The van der Waals surface area contributed by atoms with Crippen LogP contribution in [-0.4, -0.2) is 53.8 Å². The summed E-state index contributed by atoms with van der Waals surface area (Å²) in [5.74, 6) is 0.0283. The van der Waals surface area contributed by atoms with E-state index in [1.54, 1.807) is 6.07 Å². The Morgan fingerprint density at radius 1 is 1.29 bits per heavy atom. The van der Waals surface area contributed by atoms with E-state index in [-0.39, 0.29) is 30.2 Å². The summed E-state index contributed by atoms with van der Waals surface area (Å²) in [4.78, 5) is 36.8. The van der Waals surface area contributed by atoms with Gasteiger partial charge in [-0.3, -0.25) is 4.79 Å². The largest absolute Gasteiger partial charge is 0.457 e. The minimum atomic E-state index is -3.04. The highest BCUT2D eigenvalue weighted by molar-refractivity contribution is 7.90. The van der Waals surface area contributed by atoms with Gasteiger partial charge in [0.25, 0.3) is 0 Å². The number of anilines is 2. The first-order valence-electron chi connectivity index (χ1n) is 11.2. The number of fused-ring (bicyclic) bond motifs is 4. The molecule has 1 unspecified atom stereocenters. The van der Waals surface area contributed by atoms with E-state index in [0.29, 0.717) is 54.9 Å². The lowest BCUT2D eigenvalue weighted by molar-refractivity contribution is -0.125. The van der Waals surface area contributed by atoms with E-state index in [9.17, 15) is 18.0 Å². The predicted molar refractivity (Wildman–Crippen MR) is 126 cm³/mol. The molecule has 0 fully saturated rings. The second kappa shape index (κ2) is 8.71. The molecule has 5 rings (SSSR count). The molecule has 1 aromatic carbocycles. The molecule has 1 atom stereocenters. The number of carbonyl (C=O) groups excluding carboxylic acids is 2. The second-order valence-corrected chi connectivity index (χ2v) is 11.1. The van der Waals surface area contributed by atoms with Gasteiger partial charge in [-0.15, -0.1) is 0 Å². The summed E-state index contributed by atoms with van der Waals surface area (Å²) in [6.07, 6.45) is 4.99. The van der Waals surface area contributed by atoms with Crippen LogP contribution in [0, 0.1) is 5.92 Å². The van der Waals surface area contributed by atoms with E-state index in [4.69, 9.17) is 4.74 Å². The molecule has 1 aliphatic carbocycles. The van der Waals surface area contributed by atoms with Crippen LogP contribution in [0.2, 0.25) is 0 Å². The Morgan fingerprint density at radius 3 is 2.97 bits per heavy atom. The Morgan fingerprint density at radius 2 is 2.15 bits per heavy atom. The van der Waals surface area contributed by atoms with Gasteiger partial charge >= 0.3 is 5.97 Å². The van der Waals surface area contributed by atoms with Crippen molar-refractivity contribution in [2.24, 2.45) is 5.92 Å². The van der Waals surface area contributed by atoms with Gasteiger partial charge in [-0.25, -0.2) is 23.2 Å². The standard InChI is InChI=1S/C23H25N5O5S/c1-34(31,32)8-2-7-24-22(29)13-4-6-18-17(9-13)19-20(25-12-26-21(19)28-18)27-15-5-3-14-11-33-23(30)16(14)10-15/h3,5,10,12-13H,2,4,6-9,11H2,1H3,(H,24,29)(H2,25,26,27,28). The Hall–Kier alpha value is -3.47. The first-order chi connectivity index (χ1) is 16.3. The zero-order valence-corrected chi connectivity index (χ0v) is 19.5. The third-order valence-corrected chi connectivity index (χ3v) is 7.32. The minimum absolute atomic E-state index is 0.0529. The lowest BCUT2D eigenvalue weighted by Crippen LogP contribution is -2.35. The normalized spacial score (nSPS) is 17.2.